The summed E-state index contributed by atoms with van der Waals surface area (Å²) in [5.74, 6) is 0.839. The van der Waals surface area contributed by atoms with Gasteiger partial charge in [0.2, 0.25) is 0 Å². The van der Waals surface area contributed by atoms with Crippen molar-refractivity contribution in [3.05, 3.63) is 58.1 Å². The Hall–Kier alpha value is -2.80. The van der Waals surface area contributed by atoms with Crippen molar-refractivity contribution in [3.8, 4) is 0 Å². The molecule has 0 radical (unpaired) electrons. The van der Waals surface area contributed by atoms with E-state index in [9.17, 15) is 4.79 Å². The molecule has 5 rings (SSSR count). The monoisotopic (exact) mass is 377 g/mol. The van der Waals surface area contributed by atoms with Crippen LogP contribution in [0.1, 0.15) is 43.0 Å². The number of nitrogens with one attached hydrogen (secondary N) is 1. The number of aromatic nitrogens is 4. The lowest BCUT2D eigenvalue weighted by Crippen LogP contribution is -2.35. The first-order chi connectivity index (χ1) is 13.8. The summed E-state index contributed by atoms with van der Waals surface area (Å²) in [6, 6.07) is 10.3. The van der Waals surface area contributed by atoms with Crippen molar-refractivity contribution in [1.29, 1.82) is 0 Å². The van der Waals surface area contributed by atoms with Gasteiger partial charge in [-0.25, -0.2) is 4.68 Å². The van der Waals surface area contributed by atoms with Crippen LogP contribution in [0.15, 0.2) is 41.3 Å². The van der Waals surface area contributed by atoms with Crippen molar-refractivity contribution in [2.45, 2.75) is 50.8 Å². The number of rotatable bonds is 3. The third kappa shape index (κ3) is 3.26. The first kappa shape index (κ1) is 17.3. The molecule has 1 aliphatic carbocycles. The Morgan fingerprint density at radius 3 is 2.89 bits per heavy atom. The second kappa shape index (κ2) is 7.31. The maximum Gasteiger partial charge on any atom is 0.267 e. The number of ether oxygens (including phenoxy) is 1. The summed E-state index contributed by atoms with van der Waals surface area (Å²) in [5.41, 5.74) is 1.94. The molecular formula is C21H23N5O2. The first-order valence-corrected chi connectivity index (χ1v) is 9.94. The molecule has 28 heavy (non-hydrogen) atoms. The molecule has 7 nitrogen and oxygen atoms in total. The maximum absolute atomic E-state index is 12.5. The van der Waals surface area contributed by atoms with Gasteiger partial charge < -0.3 is 10.1 Å². The molecule has 144 valence electrons. The summed E-state index contributed by atoms with van der Waals surface area (Å²) in [5, 5.41) is 18.8. The highest BCUT2D eigenvalue weighted by atomic mass is 16.5. The Morgan fingerprint density at radius 2 is 2.00 bits per heavy atom. The molecule has 1 fully saturated rings. The summed E-state index contributed by atoms with van der Waals surface area (Å²) >= 11 is 0. The summed E-state index contributed by atoms with van der Waals surface area (Å²) < 4.78 is 7.14. The van der Waals surface area contributed by atoms with Crippen molar-refractivity contribution in [2.24, 2.45) is 0 Å². The lowest BCUT2D eigenvalue weighted by molar-refractivity contribution is 0.107. The Labute approximate surface area is 162 Å². The van der Waals surface area contributed by atoms with Gasteiger partial charge in [-0.15, -0.1) is 5.10 Å². The number of nitrogens with zero attached hydrogens (tertiary/aromatic N) is 4. The molecule has 1 saturated carbocycles. The Bertz CT molecular complexity index is 1050. The third-order valence-corrected chi connectivity index (χ3v) is 5.82. The number of fused-ring (bicyclic) bond motifs is 2. The Balaban J connectivity index is 1.30. The fourth-order valence-electron chi connectivity index (χ4n) is 4.28. The van der Waals surface area contributed by atoms with Crippen LogP contribution in [0.4, 0.5) is 5.82 Å². The van der Waals surface area contributed by atoms with E-state index in [4.69, 9.17) is 4.74 Å². The van der Waals surface area contributed by atoms with Crippen molar-refractivity contribution < 1.29 is 4.74 Å². The fraction of sp³-hybridized carbons (Fsp3) is 0.429. The summed E-state index contributed by atoms with van der Waals surface area (Å²) in [6.07, 6.45) is 6.38. The average Bonchev–Trinajstić information content (AvgIpc) is 2.74. The number of anilines is 1. The molecule has 0 unspecified atom stereocenters. The van der Waals surface area contributed by atoms with Gasteiger partial charge in [0, 0.05) is 34.9 Å². The molecule has 0 spiro atoms. The topological polar surface area (TPSA) is 81.9 Å². The fourth-order valence-corrected chi connectivity index (χ4v) is 4.28. The van der Waals surface area contributed by atoms with E-state index in [2.05, 4.69) is 26.7 Å². The van der Waals surface area contributed by atoms with E-state index in [0.717, 1.165) is 60.0 Å². The van der Waals surface area contributed by atoms with E-state index in [1.807, 2.05) is 18.2 Å². The number of hydrogen-bond acceptors (Lipinski definition) is 6. The first-order valence-electron chi connectivity index (χ1n) is 9.94. The summed E-state index contributed by atoms with van der Waals surface area (Å²) in [4.78, 5) is 12.5. The zero-order valence-corrected chi connectivity index (χ0v) is 15.7. The van der Waals surface area contributed by atoms with E-state index in [1.165, 1.54) is 0 Å². The maximum atomic E-state index is 12.5. The number of benzene rings is 1. The molecule has 2 aromatic heterocycles. The van der Waals surface area contributed by atoms with E-state index in [0.29, 0.717) is 19.3 Å². The van der Waals surface area contributed by atoms with Gasteiger partial charge in [0.1, 0.15) is 0 Å². The van der Waals surface area contributed by atoms with Crippen LogP contribution in [-0.4, -0.2) is 32.6 Å². The second-order valence-electron chi connectivity index (χ2n) is 7.63. The van der Waals surface area contributed by atoms with Crippen molar-refractivity contribution in [2.75, 3.05) is 11.9 Å². The minimum Gasteiger partial charge on any atom is -0.376 e. The molecule has 3 aromatic rings. The minimum atomic E-state index is -0.0134. The van der Waals surface area contributed by atoms with Gasteiger partial charge in [-0.05, 0) is 25.7 Å². The van der Waals surface area contributed by atoms with Crippen LogP contribution >= 0.6 is 0 Å². The predicted octanol–water partition coefficient (Wildman–Crippen LogP) is 2.86. The largest absolute Gasteiger partial charge is 0.376 e. The van der Waals surface area contributed by atoms with Gasteiger partial charge in [-0.2, -0.15) is 10.2 Å². The van der Waals surface area contributed by atoms with E-state index in [-0.39, 0.29) is 11.6 Å². The van der Waals surface area contributed by atoms with Gasteiger partial charge in [-0.3, -0.25) is 4.79 Å². The second-order valence-corrected chi connectivity index (χ2v) is 7.63. The van der Waals surface area contributed by atoms with E-state index < -0.39 is 0 Å². The zero-order valence-electron chi connectivity index (χ0n) is 15.7. The normalized spacial score (nSPS) is 22.0. The van der Waals surface area contributed by atoms with Crippen molar-refractivity contribution >= 4 is 16.6 Å². The molecule has 2 aliphatic rings. The van der Waals surface area contributed by atoms with Crippen molar-refractivity contribution in [1.82, 2.24) is 20.0 Å². The van der Waals surface area contributed by atoms with Crippen LogP contribution in [0, 0.1) is 0 Å². The van der Waals surface area contributed by atoms with Crippen LogP contribution in [-0.2, 0) is 17.8 Å². The third-order valence-electron chi connectivity index (χ3n) is 5.82. The molecule has 1 aliphatic heterocycles. The highest BCUT2D eigenvalue weighted by Gasteiger charge is 2.25. The van der Waals surface area contributed by atoms with Gasteiger partial charge in [0.15, 0.2) is 5.82 Å². The Kier molecular flexibility index (Phi) is 4.52. The van der Waals surface area contributed by atoms with Gasteiger partial charge in [0.05, 0.1) is 31.1 Å². The molecule has 7 heteroatoms. The average molecular weight is 377 g/mol. The Morgan fingerprint density at radius 1 is 1.14 bits per heavy atom. The van der Waals surface area contributed by atoms with Gasteiger partial charge >= 0.3 is 0 Å². The highest BCUT2D eigenvalue weighted by molar-refractivity contribution is 5.90. The lowest BCUT2D eigenvalue weighted by atomic mass is 9.91. The molecule has 0 atom stereocenters. The molecule has 0 amide bonds. The summed E-state index contributed by atoms with van der Waals surface area (Å²) in [7, 11) is 0. The molecule has 1 N–H and O–H groups in total. The SMILES string of the molecule is O=c1cc2c(nn1C1CCC(Nc3nncc4ccccc34)CC1)CCOC2. The van der Waals surface area contributed by atoms with Crippen LogP contribution < -0.4 is 10.9 Å². The molecule has 1 aromatic carbocycles. The van der Waals surface area contributed by atoms with E-state index >= 15 is 0 Å². The smallest absolute Gasteiger partial charge is 0.267 e. The number of hydrogen-bond donors (Lipinski definition) is 1. The van der Waals surface area contributed by atoms with Crippen molar-refractivity contribution in [3.63, 3.8) is 0 Å². The van der Waals surface area contributed by atoms with Crippen LogP contribution in [0.3, 0.4) is 0 Å². The molecule has 3 heterocycles. The lowest BCUT2D eigenvalue weighted by Gasteiger charge is -2.30. The van der Waals surface area contributed by atoms with Crippen LogP contribution in [0.25, 0.3) is 10.8 Å². The van der Waals surface area contributed by atoms with Crippen LogP contribution in [0.5, 0.6) is 0 Å². The van der Waals surface area contributed by atoms with Gasteiger partial charge in [-0.1, -0.05) is 24.3 Å². The minimum absolute atomic E-state index is 0.0134. The van der Waals surface area contributed by atoms with Crippen LogP contribution in [0.2, 0.25) is 0 Å². The zero-order chi connectivity index (χ0) is 18.9. The molecule has 0 bridgehead atoms. The quantitative estimate of drug-likeness (QED) is 0.756. The molecular weight excluding hydrogens is 354 g/mol. The highest BCUT2D eigenvalue weighted by Crippen LogP contribution is 2.30. The van der Waals surface area contributed by atoms with E-state index in [1.54, 1.807) is 16.9 Å². The standard InChI is InChI=1S/C21H23N5O2/c27-20-11-15-13-28-10-9-19(15)25-26(20)17-7-5-16(6-8-17)23-21-18-4-2-1-3-14(18)12-22-24-21/h1-4,11-12,16-17H,5-10,13H2,(H,23,24). The predicted molar refractivity (Wildman–Crippen MR) is 106 cm³/mol. The summed E-state index contributed by atoms with van der Waals surface area (Å²) in [6.45, 7) is 1.18. The molecule has 0 saturated heterocycles. The van der Waals surface area contributed by atoms with Gasteiger partial charge in [0.25, 0.3) is 5.56 Å².